The molecule has 1 fully saturated rings. The van der Waals surface area contributed by atoms with Crippen molar-refractivity contribution >= 4 is 23.7 Å². The van der Waals surface area contributed by atoms with Crippen molar-refractivity contribution in [3.8, 4) is 17.2 Å². The fourth-order valence-corrected chi connectivity index (χ4v) is 2.69. The van der Waals surface area contributed by atoms with E-state index in [0.717, 1.165) is 11.8 Å². The number of hydrazine groups is 1. The molecule has 1 saturated heterocycles. The molecule has 2 heterocycles. The van der Waals surface area contributed by atoms with Crippen LogP contribution in [0.2, 0.25) is 0 Å². The largest absolute Gasteiger partial charge is 0.508 e. The number of imide groups is 1. The van der Waals surface area contributed by atoms with Crippen molar-refractivity contribution in [3.63, 3.8) is 0 Å². The highest BCUT2D eigenvalue weighted by Crippen LogP contribution is 2.24. The third-order valence-corrected chi connectivity index (χ3v) is 4.19. The monoisotopic (exact) mass is 379 g/mol. The number of amides is 3. The number of nitrogens with zero attached hydrogens (tertiary/aromatic N) is 3. The summed E-state index contributed by atoms with van der Waals surface area (Å²) in [7, 11) is 0. The Balaban J connectivity index is 1.44. The van der Waals surface area contributed by atoms with Crippen molar-refractivity contribution < 1.29 is 23.8 Å². The van der Waals surface area contributed by atoms with Gasteiger partial charge in [0, 0.05) is 18.7 Å². The van der Waals surface area contributed by atoms with Gasteiger partial charge in [0.1, 0.15) is 5.75 Å². The van der Waals surface area contributed by atoms with E-state index in [-0.39, 0.29) is 22.6 Å². The van der Waals surface area contributed by atoms with Crippen LogP contribution in [0.1, 0.15) is 0 Å². The molecule has 138 valence electrons. The number of hydrogen-bond donors (Lipinski definition) is 3. The molecule has 3 N–H and O–H groups in total. The summed E-state index contributed by atoms with van der Waals surface area (Å²) in [5, 5.41) is 21.1. The van der Waals surface area contributed by atoms with E-state index >= 15 is 0 Å². The molecule has 0 radical (unpaired) electrons. The molecule has 2 aromatic rings. The van der Waals surface area contributed by atoms with Gasteiger partial charge in [0.25, 0.3) is 5.22 Å². The second-order valence-corrected chi connectivity index (χ2v) is 6.22. The first-order valence-corrected chi connectivity index (χ1v) is 8.77. The van der Waals surface area contributed by atoms with Gasteiger partial charge in [-0.2, -0.15) is 0 Å². The lowest BCUT2D eigenvalue weighted by Gasteiger charge is -2.26. The smallest absolute Gasteiger partial charge is 0.335 e. The molecular weight excluding hydrogens is 362 g/mol. The number of rotatable bonds is 5. The molecule has 0 atom stereocenters. The maximum absolute atomic E-state index is 11.8. The summed E-state index contributed by atoms with van der Waals surface area (Å²) in [5.74, 6) is -0.119. The van der Waals surface area contributed by atoms with E-state index < -0.39 is 11.9 Å². The number of phenolic OH excluding ortho intramolecular Hbond substituents is 1. The van der Waals surface area contributed by atoms with Gasteiger partial charge in [-0.05, 0) is 24.3 Å². The van der Waals surface area contributed by atoms with Crippen LogP contribution in [0.15, 0.2) is 33.9 Å². The Labute approximate surface area is 152 Å². The van der Waals surface area contributed by atoms with E-state index in [4.69, 9.17) is 9.15 Å². The van der Waals surface area contributed by atoms with Crippen LogP contribution in [-0.2, 0) is 9.53 Å². The minimum Gasteiger partial charge on any atom is -0.508 e. The average molecular weight is 379 g/mol. The summed E-state index contributed by atoms with van der Waals surface area (Å²) in [6.07, 6.45) is 0. The fourth-order valence-electron chi connectivity index (χ4n) is 2.13. The maximum atomic E-state index is 11.8. The molecular formula is C15H17N5O5S. The zero-order valence-electron chi connectivity index (χ0n) is 13.7. The lowest BCUT2D eigenvalue weighted by atomic mass is 10.2. The highest BCUT2D eigenvalue weighted by Gasteiger charge is 2.16. The second kappa shape index (κ2) is 8.65. The number of carbonyl (C=O) groups excluding carboxylic acids is 2. The SMILES string of the molecule is O=C(CSc1nnc(-c2ccc(O)cc2)o1)NC(=O)NN1CCOCC1. The van der Waals surface area contributed by atoms with Crippen LogP contribution in [0.25, 0.3) is 11.5 Å². The summed E-state index contributed by atoms with van der Waals surface area (Å²) < 4.78 is 10.6. The van der Waals surface area contributed by atoms with E-state index in [2.05, 4.69) is 20.9 Å². The Bertz CT molecular complexity index is 760. The number of benzene rings is 1. The van der Waals surface area contributed by atoms with Gasteiger partial charge in [-0.1, -0.05) is 11.8 Å². The standard InChI is InChI=1S/C15H17N5O5S/c21-11-3-1-10(2-4-11)13-17-18-15(25-13)26-9-12(22)16-14(23)19-20-5-7-24-8-6-20/h1-4,21H,5-9H2,(H2,16,19,22,23). The number of nitrogens with one attached hydrogen (secondary N) is 2. The predicted octanol–water partition coefficient (Wildman–Crippen LogP) is 0.607. The van der Waals surface area contributed by atoms with E-state index in [1.807, 2.05) is 0 Å². The quantitative estimate of drug-likeness (QED) is 0.640. The first kappa shape index (κ1) is 18.2. The molecule has 0 aliphatic carbocycles. The van der Waals surface area contributed by atoms with Crippen LogP contribution in [0.4, 0.5) is 4.79 Å². The van der Waals surface area contributed by atoms with Crippen LogP contribution in [0, 0.1) is 0 Å². The Hall–Kier alpha value is -2.63. The lowest BCUT2D eigenvalue weighted by Crippen LogP contribution is -2.52. The number of ether oxygens (including phenoxy) is 1. The van der Waals surface area contributed by atoms with Crippen molar-refractivity contribution in [3.05, 3.63) is 24.3 Å². The van der Waals surface area contributed by atoms with Gasteiger partial charge in [0.2, 0.25) is 11.8 Å². The Morgan fingerprint density at radius 3 is 2.65 bits per heavy atom. The van der Waals surface area contributed by atoms with Crippen LogP contribution < -0.4 is 10.7 Å². The van der Waals surface area contributed by atoms with Gasteiger partial charge in [0.15, 0.2) is 0 Å². The van der Waals surface area contributed by atoms with Gasteiger partial charge in [-0.25, -0.2) is 9.80 Å². The Morgan fingerprint density at radius 1 is 1.19 bits per heavy atom. The van der Waals surface area contributed by atoms with Gasteiger partial charge in [0.05, 0.1) is 19.0 Å². The molecule has 0 unspecified atom stereocenters. The van der Waals surface area contributed by atoms with E-state index in [1.165, 1.54) is 12.1 Å². The van der Waals surface area contributed by atoms with Crippen molar-refractivity contribution in [1.29, 1.82) is 0 Å². The number of phenols is 1. The third kappa shape index (κ3) is 5.18. The number of thioether (sulfide) groups is 1. The molecule has 1 aliphatic heterocycles. The number of aromatic nitrogens is 2. The average Bonchev–Trinajstić information content (AvgIpc) is 3.10. The number of hydrogen-bond acceptors (Lipinski definition) is 9. The van der Waals surface area contributed by atoms with Crippen LogP contribution in [0.3, 0.4) is 0 Å². The first-order valence-electron chi connectivity index (χ1n) is 7.79. The zero-order chi connectivity index (χ0) is 18.4. The molecule has 1 aromatic heterocycles. The number of urea groups is 1. The zero-order valence-corrected chi connectivity index (χ0v) is 14.5. The molecule has 1 aliphatic rings. The number of carbonyl (C=O) groups is 2. The van der Waals surface area contributed by atoms with Gasteiger partial charge in [-0.15, -0.1) is 10.2 Å². The minimum absolute atomic E-state index is 0.0479. The van der Waals surface area contributed by atoms with Crippen molar-refractivity contribution in [2.45, 2.75) is 5.22 Å². The molecule has 11 heteroatoms. The predicted molar refractivity (Wildman–Crippen MR) is 91.2 cm³/mol. The van der Waals surface area contributed by atoms with Crippen LogP contribution in [0.5, 0.6) is 5.75 Å². The van der Waals surface area contributed by atoms with Crippen LogP contribution in [-0.4, -0.2) is 64.3 Å². The van der Waals surface area contributed by atoms with E-state index in [0.29, 0.717) is 31.9 Å². The van der Waals surface area contributed by atoms with Crippen molar-refractivity contribution in [2.75, 3.05) is 32.1 Å². The molecule has 1 aromatic carbocycles. The molecule has 26 heavy (non-hydrogen) atoms. The van der Waals surface area contributed by atoms with Gasteiger partial charge < -0.3 is 14.3 Å². The number of aromatic hydroxyl groups is 1. The molecule has 0 bridgehead atoms. The molecule has 3 amide bonds. The fraction of sp³-hybridized carbons (Fsp3) is 0.333. The highest BCUT2D eigenvalue weighted by atomic mass is 32.2. The molecule has 3 rings (SSSR count). The summed E-state index contributed by atoms with van der Waals surface area (Å²) in [6, 6.07) is 5.70. The minimum atomic E-state index is -0.590. The lowest BCUT2D eigenvalue weighted by molar-refractivity contribution is -0.117. The van der Waals surface area contributed by atoms with Crippen molar-refractivity contribution in [2.24, 2.45) is 0 Å². The summed E-state index contributed by atoms with van der Waals surface area (Å²) in [6.45, 7) is 2.20. The first-order chi connectivity index (χ1) is 12.6. The summed E-state index contributed by atoms with van der Waals surface area (Å²) in [4.78, 5) is 23.6. The van der Waals surface area contributed by atoms with Crippen molar-refractivity contribution in [1.82, 2.24) is 25.9 Å². The second-order valence-electron chi connectivity index (χ2n) is 5.30. The number of morpholine rings is 1. The summed E-state index contributed by atoms with van der Waals surface area (Å²) >= 11 is 1.02. The molecule has 10 nitrogen and oxygen atoms in total. The normalized spacial score (nSPS) is 14.8. The Kier molecular flexibility index (Phi) is 6.04. The topological polar surface area (TPSA) is 130 Å². The van der Waals surface area contributed by atoms with Gasteiger partial charge >= 0.3 is 6.03 Å². The molecule has 0 saturated carbocycles. The van der Waals surface area contributed by atoms with E-state index in [1.54, 1.807) is 17.1 Å². The maximum Gasteiger partial charge on any atom is 0.335 e. The van der Waals surface area contributed by atoms with Crippen LogP contribution >= 0.6 is 11.8 Å². The summed E-state index contributed by atoms with van der Waals surface area (Å²) in [5.41, 5.74) is 3.23. The Morgan fingerprint density at radius 2 is 1.92 bits per heavy atom. The van der Waals surface area contributed by atoms with Gasteiger partial charge in [-0.3, -0.25) is 15.5 Å². The third-order valence-electron chi connectivity index (χ3n) is 3.37. The molecule has 0 spiro atoms. The highest BCUT2D eigenvalue weighted by molar-refractivity contribution is 7.99. The van der Waals surface area contributed by atoms with E-state index in [9.17, 15) is 14.7 Å².